The summed E-state index contributed by atoms with van der Waals surface area (Å²) in [4.78, 5) is 26.9. The summed E-state index contributed by atoms with van der Waals surface area (Å²) < 4.78 is 2.27. The van der Waals surface area contributed by atoms with Crippen molar-refractivity contribution in [2.75, 3.05) is 11.9 Å². The average Bonchev–Trinajstić information content (AvgIpc) is 3.18. The number of carbonyl (C=O) groups excluding carboxylic acids is 2. The standard InChI is InChI=1S/C25H24ClN3O2/c1-14(2)11-28-12-18-22(16-7-9-17(26)10-8-16)24-20(13-29(15(3)30)25(24)31)27-19-5-4-6-21(28)23(18)19/h4-10,12,14,22,27H,11,13H2,1-3H3/t22-/m0/s1. The zero-order valence-corrected chi connectivity index (χ0v) is 18.5. The van der Waals surface area contributed by atoms with E-state index in [2.05, 4.69) is 36.0 Å². The molecule has 0 saturated heterocycles. The first-order valence-electron chi connectivity index (χ1n) is 10.5. The van der Waals surface area contributed by atoms with Crippen molar-refractivity contribution < 1.29 is 9.59 Å². The number of rotatable bonds is 3. The van der Waals surface area contributed by atoms with E-state index in [1.54, 1.807) is 0 Å². The van der Waals surface area contributed by atoms with Crippen LogP contribution < -0.4 is 5.32 Å². The van der Waals surface area contributed by atoms with Crippen molar-refractivity contribution in [3.8, 4) is 0 Å². The highest BCUT2D eigenvalue weighted by Gasteiger charge is 2.41. The number of carbonyl (C=O) groups is 2. The predicted octanol–water partition coefficient (Wildman–Crippen LogP) is 5.15. The van der Waals surface area contributed by atoms with Crippen LogP contribution in [0.4, 0.5) is 5.69 Å². The molecule has 0 spiro atoms. The minimum absolute atomic E-state index is 0.229. The molecule has 0 radical (unpaired) electrons. The maximum absolute atomic E-state index is 13.4. The van der Waals surface area contributed by atoms with Gasteiger partial charge in [0.25, 0.3) is 5.91 Å². The Morgan fingerprint density at radius 2 is 1.94 bits per heavy atom. The molecule has 0 fully saturated rings. The van der Waals surface area contributed by atoms with Gasteiger partial charge in [0.2, 0.25) is 5.91 Å². The molecule has 1 atom stereocenters. The fourth-order valence-electron chi connectivity index (χ4n) is 4.82. The lowest BCUT2D eigenvalue weighted by Gasteiger charge is -2.19. The zero-order valence-electron chi connectivity index (χ0n) is 17.8. The SMILES string of the molecule is CC(=O)N1CC2=C(C1=O)[C@@H](c1ccc(Cl)cc1)c1cn(CC(C)C)c3cccc(c13)N2. The molecule has 0 unspecified atom stereocenters. The lowest BCUT2D eigenvalue weighted by Crippen LogP contribution is -2.33. The Kier molecular flexibility index (Phi) is 4.67. The topological polar surface area (TPSA) is 54.3 Å². The minimum atomic E-state index is -0.281. The number of hydrogen-bond acceptors (Lipinski definition) is 3. The van der Waals surface area contributed by atoms with Crippen molar-refractivity contribution in [1.82, 2.24) is 9.47 Å². The van der Waals surface area contributed by atoms with Gasteiger partial charge in [0.1, 0.15) is 0 Å². The molecule has 0 bridgehead atoms. The molecule has 158 valence electrons. The van der Waals surface area contributed by atoms with Crippen LogP contribution in [0, 0.1) is 5.92 Å². The summed E-state index contributed by atoms with van der Waals surface area (Å²) in [6.07, 6.45) is 2.18. The van der Waals surface area contributed by atoms with Gasteiger partial charge in [0, 0.05) is 47.4 Å². The summed E-state index contributed by atoms with van der Waals surface area (Å²) >= 11 is 6.16. The molecule has 3 aromatic rings. The van der Waals surface area contributed by atoms with Gasteiger partial charge in [0.15, 0.2) is 0 Å². The molecule has 2 aliphatic rings. The Bertz CT molecular complexity index is 1250. The third kappa shape index (κ3) is 3.15. The Morgan fingerprint density at radius 3 is 2.61 bits per heavy atom. The number of benzene rings is 2. The third-order valence-corrected chi connectivity index (χ3v) is 6.33. The van der Waals surface area contributed by atoms with Gasteiger partial charge < -0.3 is 9.88 Å². The molecule has 31 heavy (non-hydrogen) atoms. The van der Waals surface area contributed by atoms with Gasteiger partial charge in [-0.25, -0.2) is 0 Å². The van der Waals surface area contributed by atoms with Crippen molar-refractivity contribution in [1.29, 1.82) is 0 Å². The van der Waals surface area contributed by atoms with Crippen LogP contribution in [0.2, 0.25) is 5.02 Å². The molecule has 3 heterocycles. The van der Waals surface area contributed by atoms with Crippen molar-refractivity contribution >= 4 is 40.0 Å². The number of halogens is 1. The number of hydrogen-bond donors (Lipinski definition) is 1. The Hall–Kier alpha value is -3.05. The average molecular weight is 434 g/mol. The molecular formula is C25H24ClN3O2. The second kappa shape index (κ2) is 7.27. The maximum Gasteiger partial charge on any atom is 0.259 e. The molecule has 5 rings (SSSR count). The first-order chi connectivity index (χ1) is 14.8. The summed E-state index contributed by atoms with van der Waals surface area (Å²) in [7, 11) is 0. The number of nitrogens with zero attached hydrogens (tertiary/aromatic N) is 2. The first kappa shape index (κ1) is 19.9. The normalized spacial score (nSPS) is 17.9. The summed E-state index contributed by atoms with van der Waals surface area (Å²) in [6.45, 7) is 6.98. The molecule has 6 heteroatoms. The van der Waals surface area contributed by atoms with E-state index in [0.717, 1.165) is 40.0 Å². The second-order valence-corrected chi connectivity index (χ2v) is 9.18. The Morgan fingerprint density at radius 1 is 1.19 bits per heavy atom. The second-order valence-electron chi connectivity index (χ2n) is 8.74. The quantitative estimate of drug-likeness (QED) is 0.621. The van der Waals surface area contributed by atoms with E-state index >= 15 is 0 Å². The maximum atomic E-state index is 13.4. The van der Waals surface area contributed by atoms with Gasteiger partial charge in [-0.05, 0) is 41.3 Å². The smallest absolute Gasteiger partial charge is 0.259 e. The molecule has 0 aliphatic carbocycles. The van der Waals surface area contributed by atoms with Crippen LogP contribution in [0.3, 0.4) is 0 Å². The van der Waals surface area contributed by atoms with Crippen molar-refractivity contribution in [3.05, 3.63) is 76.1 Å². The van der Waals surface area contributed by atoms with Gasteiger partial charge in [-0.15, -0.1) is 0 Å². The van der Waals surface area contributed by atoms with Gasteiger partial charge in [-0.2, -0.15) is 0 Å². The zero-order chi connectivity index (χ0) is 21.9. The van der Waals surface area contributed by atoms with Crippen LogP contribution in [0.25, 0.3) is 10.9 Å². The van der Waals surface area contributed by atoms with Crippen molar-refractivity contribution in [2.45, 2.75) is 33.2 Å². The summed E-state index contributed by atoms with van der Waals surface area (Å²) in [5.74, 6) is -0.276. The number of aromatic nitrogens is 1. The molecule has 2 aliphatic heterocycles. The summed E-state index contributed by atoms with van der Waals surface area (Å²) in [5.41, 5.74) is 5.60. The number of nitrogens with one attached hydrogen (secondary N) is 1. The van der Waals surface area contributed by atoms with E-state index < -0.39 is 0 Å². The van der Waals surface area contributed by atoms with E-state index in [1.807, 2.05) is 36.4 Å². The van der Waals surface area contributed by atoms with Gasteiger partial charge >= 0.3 is 0 Å². The van der Waals surface area contributed by atoms with Crippen LogP contribution in [0.1, 0.15) is 37.8 Å². The minimum Gasteiger partial charge on any atom is -0.356 e. The van der Waals surface area contributed by atoms with Crippen LogP contribution in [0.5, 0.6) is 0 Å². The molecule has 0 saturated carbocycles. The highest BCUT2D eigenvalue weighted by atomic mass is 35.5. The van der Waals surface area contributed by atoms with E-state index in [-0.39, 0.29) is 24.3 Å². The van der Waals surface area contributed by atoms with E-state index in [1.165, 1.54) is 11.8 Å². The summed E-state index contributed by atoms with van der Waals surface area (Å²) in [6, 6.07) is 13.9. The third-order valence-electron chi connectivity index (χ3n) is 6.08. The molecular weight excluding hydrogens is 410 g/mol. The molecule has 1 N–H and O–H groups in total. The van der Waals surface area contributed by atoms with Gasteiger partial charge in [0.05, 0.1) is 17.6 Å². The lowest BCUT2D eigenvalue weighted by molar-refractivity contribution is -0.139. The Balaban J connectivity index is 1.79. The van der Waals surface area contributed by atoms with Gasteiger partial charge in [-0.1, -0.05) is 43.6 Å². The van der Waals surface area contributed by atoms with E-state index in [0.29, 0.717) is 16.5 Å². The van der Waals surface area contributed by atoms with Crippen LogP contribution in [-0.4, -0.2) is 27.8 Å². The van der Waals surface area contributed by atoms with Crippen molar-refractivity contribution in [3.63, 3.8) is 0 Å². The van der Waals surface area contributed by atoms with E-state index in [4.69, 9.17) is 11.6 Å². The highest BCUT2D eigenvalue weighted by Crippen LogP contribution is 2.46. The Labute approximate surface area is 186 Å². The van der Waals surface area contributed by atoms with Crippen molar-refractivity contribution in [2.24, 2.45) is 5.92 Å². The van der Waals surface area contributed by atoms with Gasteiger partial charge in [-0.3, -0.25) is 14.5 Å². The van der Waals surface area contributed by atoms with Crippen LogP contribution >= 0.6 is 11.6 Å². The van der Waals surface area contributed by atoms with E-state index in [9.17, 15) is 9.59 Å². The summed E-state index contributed by atoms with van der Waals surface area (Å²) in [5, 5.41) is 5.28. The molecule has 2 amide bonds. The molecule has 5 nitrogen and oxygen atoms in total. The largest absolute Gasteiger partial charge is 0.356 e. The number of anilines is 1. The lowest BCUT2D eigenvalue weighted by atomic mass is 9.84. The predicted molar refractivity (Wildman–Crippen MR) is 123 cm³/mol. The van der Waals surface area contributed by atoms with Crippen LogP contribution in [-0.2, 0) is 16.1 Å². The first-order valence-corrected chi connectivity index (χ1v) is 10.9. The fraction of sp³-hybridized carbons (Fsp3) is 0.280. The molecule has 1 aromatic heterocycles. The fourth-order valence-corrected chi connectivity index (χ4v) is 4.95. The number of imide groups is 1. The number of amides is 2. The highest BCUT2D eigenvalue weighted by molar-refractivity contribution is 6.30. The monoisotopic (exact) mass is 433 g/mol. The van der Waals surface area contributed by atoms with Crippen LogP contribution in [0.15, 0.2) is 59.9 Å². The molecule has 2 aromatic carbocycles.